The molecule has 1 N–H and O–H groups in total. The van der Waals surface area contributed by atoms with E-state index in [0.29, 0.717) is 5.69 Å². The summed E-state index contributed by atoms with van der Waals surface area (Å²) in [4.78, 5) is 15.6. The highest BCUT2D eigenvalue weighted by Gasteiger charge is 2.09. The molecule has 2 aromatic rings. The van der Waals surface area contributed by atoms with E-state index in [0.717, 1.165) is 6.07 Å². The smallest absolute Gasteiger partial charge is 0.255 e. The molecule has 0 aliphatic rings. The number of rotatable bonds is 2. The summed E-state index contributed by atoms with van der Waals surface area (Å²) in [5, 5.41) is 2.77. The second kappa shape index (κ2) is 5.33. The maximum absolute atomic E-state index is 13.0. The van der Waals surface area contributed by atoms with Gasteiger partial charge >= 0.3 is 0 Å². The molecule has 3 nitrogen and oxygen atoms in total. The summed E-state index contributed by atoms with van der Waals surface area (Å²) in [6.45, 7) is 0. The average molecular weight is 285 g/mol. The third kappa shape index (κ3) is 2.97. The summed E-state index contributed by atoms with van der Waals surface area (Å²) in [7, 11) is 0. The Morgan fingerprint density at radius 1 is 1.22 bits per heavy atom. The molecule has 0 aliphatic carbocycles. The summed E-state index contributed by atoms with van der Waals surface area (Å²) >= 11 is 11.3. The van der Waals surface area contributed by atoms with E-state index in [1.165, 1.54) is 24.4 Å². The number of aromatic nitrogens is 1. The van der Waals surface area contributed by atoms with Gasteiger partial charge in [0, 0.05) is 17.4 Å². The maximum Gasteiger partial charge on any atom is 0.255 e. The predicted molar refractivity (Wildman–Crippen MR) is 68.6 cm³/mol. The standard InChI is InChI=1S/C12H7Cl2FN2O/c13-9-5-7(1-2-10(9)15)12(18)17-8-3-4-16-11(14)6-8/h1-6H,(H,16,17,18). The zero-order valence-electron chi connectivity index (χ0n) is 8.95. The van der Waals surface area contributed by atoms with Crippen molar-refractivity contribution in [2.75, 3.05) is 5.32 Å². The topological polar surface area (TPSA) is 42.0 Å². The van der Waals surface area contributed by atoms with E-state index in [2.05, 4.69) is 10.3 Å². The van der Waals surface area contributed by atoms with E-state index in [9.17, 15) is 9.18 Å². The van der Waals surface area contributed by atoms with Crippen LogP contribution in [0, 0.1) is 5.82 Å². The number of pyridine rings is 1. The molecular weight excluding hydrogens is 278 g/mol. The van der Waals surface area contributed by atoms with Crippen molar-refractivity contribution in [1.29, 1.82) is 0 Å². The van der Waals surface area contributed by atoms with Gasteiger partial charge in [-0.1, -0.05) is 23.2 Å². The number of hydrogen-bond acceptors (Lipinski definition) is 2. The first-order chi connectivity index (χ1) is 8.56. The minimum Gasteiger partial charge on any atom is -0.322 e. The van der Waals surface area contributed by atoms with Crippen LogP contribution in [-0.2, 0) is 0 Å². The van der Waals surface area contributed by atoms with Gasteiger partial charge in [0.15, 0.2) is 0 Å². The van der Waals surface area contributed by atoms with Gasteiger partial charge in [-0.15, -0.1) is 0 Å². The predicted octanol–water partition coefficient (Wildman–Crippen LogP) is 3.78. The Labute approximate surface area is 113 Å². The Hall–Kier alpha value is -1.65. The molecule has 0 aliphatic heterocycles. The molecule has 0 spiro atoms. The van der Waals surface area contributed by atoms with Gasteiger partial charge in [0.2, 0.25) is 0 Å². The van der Waals surface area contributed by atoms with Crippen LogP contribution in [0.5, 0.6) is 0 Å². The number of nitrogens with one attached hydrogen (secondary N) is 1. The zero-order valence-corrected chi connectivity index (χ0v) is 10.5. The summed E-state index contributed by atoms with van der Waals surface area (Å²) < 4.78 is 13.0. The van der Waals surface area contributed by atoms with Gasteiger partial charge in [0.25, 0.3) is 5.91 Å². The SMILES string of the molecule is O=C(Nc1ccnc(Cl)c1)c1ccc(F)c(Cl)c1. The Morgan fingerprint density at radius 3 is 2.67 bits per heavy atom. The van der Waals surface area contributed by atoms with Crippen molar-refractivity contribution < 1.29 is 9.18 Å². The van der Waals surface area contributed by atoms with Crippen molar-refractivity contribution in [1.82, 2.24) is 4.98 Å². The zero-order chi connectivity index (χ0) is 13.1. The van der Waals surface area contributed by atoms with E-state index in [1.807, 2.05) is 0 Å². The number of carbonyl (C=O) groups excluding carboxylic acids is 1. The molecular formula is C12H7Cl2FN2O. The monoisotopic (exact) mass is 284 g/mol. The number of hydrogen-bond donors (Lipinski definition) is 1. The average Bonchev–Trinajstić information content (AvgIpc) is 2.32. The van der Waals surface area contributed by atoms with E-state index < -0.39 is 11.7 Å². The van der Waals surface area contributed by atoms with E-state index in [-0.39, 0.29) is 15.7 Å². The van der Waals surface area contributed by atoms with Gasteiger partial charge in [-0.2, -0.15) is 0 Å². The largest absolute Gasteiger partial charge is 0.322 e. The van der Waals surface area contributed by atoms with Gasteiger partial charge in [0.05, 0.1) is 5.02 Å². The molecule has 0 bridgehead atoms. The quantitative estimate of drug-likeness (QED) is 0.853. The lowest BCUT2D eigenvalue weighted by Gasteiger charge is -2.05. The number of amides is 1. The minimum absolute atomic E-state index is 0.101. The fourth-order valence-electron chi connectivity index (χ4n) is 1.32. The van der Waals surface area contributed by atoms with Crippen LogP contribution >= 0.6 is 23.2 Å². The lowest BCUT2D eigenvalue weighted by atomic mass is 10.2. The molecule has 92 valence electrons. The molecule has 1 aromatic carbocycles. The number of halogens is 3. The molecule has 1 amide bonds. The van der Waals surface area contributed by atoms with E-state index >= 15 is 0 Å². The fraction of sp³-hybridized carbons (Fsp3) is 0. The molecule has 2 rings (SSSR count). The number of benzene rings is 1. The lowest BCUT2D eigenvalue weighted by molar-refractivity contribution is 0.102. The normalized spacial score (nSPS) is 10.2. The molecule has 0 unspecified atom stereocenters. The Kier molecular flexibility index (Phi) is 3.79. The van der Waals surface area contributed by atoms with Crippen LogP contribution in [0.25, 0.3) is 0 Å². The molecule has 1 heterocycles. The molecule has 0 fully saturated rings. The first-order valence-corrected chi connectivity index (χ1v) is 5.70. The highest BCUT2D eigenvalue weighted by atomic mass is 35.5. The van der Waals surface area contributed by atoms with Crippen LogP contribution in [0.2, 0.25) is 10.2 Å². The highest BCUT2D eigenvalue weighted by Crippen LogP contribution is 2.18. The van der Waals surface area contributed by atoms with E-state index in [4.69, 9.17) is 23.2 Å². The Bertz CT molecular complexity index is 604. The Morgan fingerprint density at radius 2 is 2.00 bits per heavy atom. The third-order valence-electron chi connectivity index (χ3n) is 2.17. The first kappa shape index (κ1) is 12.8. The third-order valence-corrected chi connectivity index (χ3v) is 2.66. The molecule has 0 saturated heterocycles. The Balaban J connectivity index is 2.19. The molecule has 1 aromatic heterocycles. The number of carbonyl (C=O) groups is 1. The molecule has 0 atom stereocenters. The second-order valence-corrected chi connectivity index (χ2v) is 4.24. The first-order valence-electron chi connectivity index (χ1n) is 4.94. The summed E-state index contributed by atoms with van der Waals surface area (Å²) in [5.41, 5.74) is 0.759. The summed E-state index contributed by atoms with van der Waals surface area (Å²) in [5.74, 6) is -0.973. The van der Waals surface area contributed by atoms with Crippen molar-refractivity contribution in [3.63, 3.8) is 0 Å². The van der Waals surface area contributed by atoms with Crippen LogP contribution < -0.4 is 5.32 Å². The summed E-state index contributed by atoms with van der Waals surface area (Å²) in [6, 6.07) is 6.84. The lowest BCUT2D eigenvalue weighted by Crippen LogP contribution is -2.12. The summed E-state index contributed by atoms with van der Waals surface area (Å²) in [6.07, 6.45) is 1.47. The van der Waals surface area contributed by atoms with Gasteiger partial charge in [-0.3, -0.25) is 4.79 Å². The van der Waals surface area contributed by atoms with Gasteiger partial charge in [0.1, 0.15) is 11.0 Å². The molecule has 6 heteroatoms. The van der Waals surface area contributed by atoms with Crippen molar-refractivity contribution in [2.24, 2.45) is 0 Å². The maximum atomic E-state index is 13.0. The van der Waals surface area contributed by atoms with Crippen LogP contribution in [0.1, 0.15) is 10.4 Å². The number of nitrogens with zero attached hydrogens (tertiary/aromatic N) is 1. The highest BCUT2D eigenvalue weighted by molar-refractivity contribution is 6.31. The van der Waals surface area contributed by atoms with Gasteiger partial charge in [-0.05, 0) is 30.3 Å². The van der Waals surface area contributed by atoms with Crippen molar-refractivity contribution in [3.8, 4) is 0 Å². The fourth-order valence-corrected chi connectivity index (χ4v) is 1.68. The van der Waals surface area contributed by atoms with Crippen molar-refractivity contribution >= 4 is 34.8 Å². The van der Waals surface area contributed by atoms with Crippen molar-refractivity contribution in [3.05, 3.63) is 58.1 Å². The van der Waals surface area contributed by atoms with Crippen LogP contribution in [0.3, 0.4) is 0 Å². The van der Waals surface area contributed by atoms with Crippen LogP contribution in [0.4, 0.5) is 10.1 Å². The van der Waals surface area contributed by atoms with E-state index in [1.54, 1.807) is 6.07 Å². The minimum atomic E-state index is -0.569. The van der Waals surface area contributed by atoms with Crippen LogP contribution in [0.15, 0.2) is 36.5 Å². The van der Waals surface area contributed by atoms with Crippen LogP contribution in [-0.4, -0.2) is 10.9 Å². The second-order valence-electron chi connectivity index (χ2n) is 3.45. The molecule has 18 heavy (non-hydrogen) atoms. The van der Waals surface area contributed by atoms with Gasteiger partial charge in [-0.25, -0.2) is 9.37 Å². The number of anilines is 1. The molecule has 0 saturated carbocycles. The van der Waals surface area contributed by atoms with Crippen molar-refractivity contribution in [2.45, 2.75) is 0 Å². The van der Waals surface area contributed by atoms with Gasteiger partial charge < -0.3 is 5.32 Å². The molecule has 0 radical (unpaired) electrons.